The first kappa shape index (κ1) is 23.8. The Morgan fingerprint density at radius 1 is 0.788 bits per heavy atom. The van der Waals surface area contributed by atoms with E-state index in [0.29, 0.717) is 29.0 Å². The van der Waals surface area contributed by atoms with Crippen LogP contribution >= 0.6 is 0 Å². The van der Waals surface area contributed by atoms with Crippen LogP contribution in [-0.4, -0.2) is 35.7 Å². The number of hydrogen-bond donors (Lipinski definition) is 2. The van der Waals surface area contributed by atoms with Gasteiger partial charge in [0.2, 0.25) is 5.75 Å². The van der Waals surface area contributed by atoms with E-state index in [1.54, 1.807) is 0 Å². The third-order valence-electron chi connectivity index (χ3n) is 4.52. The summed E-state index contributed by atoms with van der Waals surface area (Å²) in [4.78, 5) is 12.2. The summed E-state index contributed by atoms with van der Waals surface area (Å²) in [6.45, 7) is 0. The molecule has 11 heteroatoms. The average Bonchev–Trinajstić information content (AvgIpc) is 2.80. The Kier molecular flexibility index (Phi) is 7.02. The zero-order valence-electron chi connectivity index (χ0n) is 17.8. The van der Waals surface area contributed by atoms with Gasteiger partial charge in [-0.1, -0.05) is 0 Å². The maximum Gasteiger partial charge on any atom is 0.261 e. The molecule has 0 heterocycles. The van der Waals surface area contributed by atoms with E-state index >= 15 is 0 Å². The first-order valence-electron chi connectivity index (χ1n) is 9.37. The Morgan fingerprint density at radius 2 is 1.36 bits per heavy atom. The number of carbonyl (C=O) groups is 1. The van der Waals surface area contributed by atoms with Crippen LogP contribution in [0, 0.1) is 11.6 Å². The van der Waals surface area contributed by atoms with Crippen molar-refractivity contribution in [1.29, 1.82) is 0 Å². The highest BCUT2D eigenvalue weighted by molar-refractivity contribution is 7.92. The molecule has 8 nitrogen and oxygen atoms in total. The predicted octanol–water partition coefficient (Wildman–Crippen LogP) is 4.04. The van der Waals surface area contributed by atoms with Crippen molar-refractivity contribution >= 4 is 27.3 Å². The molecule has 1 amide bonds. The molecule has 0 fully saturated rings. The van der Waals surface area contributed by atoms with E-state index < -0.39 is 32.5 Å². The number of nitrogens with one attached hydrogen (secondary N) is 2. The van der Waals surface area contributed by atoms with Crippen LogP contribution < -0.4 is 24.2 Å². The normalized spacial score (nSPS) is 10.9. The van der Waals surface area contributed by atoms with Crippen LogP contribution in [0.15, 0.2) is 59.5 Å². The van der Waals surface area contributed by atoms with E-state index in [9.17, 15) is 22.0 Å². The minimum absolute atomic E-state index is 0.158. The molecule has 0 atom stereocenters. The van der Waals surface area contributed by atoms with Crippen LogP contribution in [0.25, 0.3) is 0 Å². The summed E-state index contributed by atoms with van der Waals surface area (Å²) < 4.78 is 69.2. The molecule has 0 aliphatic carbocycles. The van der Waals surface area contributed by atoms with Gasteiger partial charge in [-0.15, -0.1) is 0 Å². The van der Waals surface area contributed by atoms with Crippen LogP contribution in [0.2, 0.25) is 0 Å². The third kappa shape index (κ3) is 5.32. The van der Waals surface area contributed by atoms with Crippen molar-refractivity contribution in [3.8, 4) is 17.2 Å². The minimum atomic E-state index is -4.14. The summed E-state index contributed by atoms with van der Waals surface area (Å²) in [6.07, 6.45) is 0. The van der Waals surface area contributed by atoms with Crippen LogP contribution in [0.4, 0.5) is 20.2 Å². The van der Waals surface area contributed by atoms with Gasteiger partial charge in [-0.25, -0.2) is 17.2 Å². The topological polar surface area (TPSA) is 103 Å². The third-order valence-corrected chi connectivity index (χ3v) is 5.90. The first-order valence-corrected chi connectivity index (χ1v) is 10.9. The molecule has 0 aliphatic rings. The number of anilines is 2. The molecule has 0 aliphatic heterocycles. The fraction of sp³-hybridized carbons (Fsp3) is 0.136. The van der Waals surface area contributed by atoms with Gasteiger partial charge in [-0.05, 0) is 54.6 Å². The number of benzene rings is 3. The number of methoxy groups -OCH3 is 3. The number of sulfonamides is 1. The van der Waals surface area contributed by atoms with E-state index in [1.165, 1.54) is 57.7 Å². The molecular weight excluding hydrogens is 458 g/mol. The van der Waals surface area contributed by atoms with E-state index in [1.807, 2.05) is 0 Å². The van der Waals surface area contributed by atoms with Crippen molar-refractivity contribution in [3.63, 3.8) is 0 Å². The summed E-state index contributed by atoms with van der Waals surface area (Å²) in [5.74, 6) is -1.93. The lowest BCUT2D eigenvalue weighted by Crippen LogP contribution is -2.14. The second-order valence-corrected chi connectivity index (χ2v) is 8.31. The zero-order valence-corrected chi connectivity index (χ0v) is 18.6. The highest BCUT2D eigenvalue weighted by atomic mass is 32.2. The summed E-state index contributed by atoms with van der Waals surface area (Å²) in [7, 11) is 0.169. The highest BCUT2D eigenvalue weighted by Crippen LogP contribution is 2.38. The van der Waals surface area contributed by atoms with Gasteiger partial charge in [0.15, 0.2) is 23.1 Å². The standard InChI is InChI=1S/C22H20F2N2O6S/c1-30-19-10-13(11-20(31-2)21(19)32-3)22(27)25-14-4-6-15(7-5-14)26-33(28,29)16-8-9-17(23)18(24)12-16/h4-12,26H,1-3H3,(H,25,27). The maximum absolute atomic E-state index is 13.4. The molecule has 0 spiro atoms. The van der Waals surface area contributed by atoms with E-state index in [0.717, 1.165) is 12.1 Å². The number of rotatable bonds is 8. The molecule has 174 valence electrons. The average molecular weight is 478 g/mol. The molecular formula is C22H20F2N2O6S. The monoisotopic (exact) mass is 478 g/mol. The maximum atomic E-state index is 13.4. The predicted molar refractivity (Wildman–Crippen MR) is 118 cm³/mol. The number of halogens is 2. The first-order chi connectivity index (χ1) is 15.7. The van der Waals surface area contributed by atoms with Crippen molar-refractivity contribution < 1.29 is 36.2 Å². The molecule has 3 aromatic rings. The van der Waals surface area contributed by atoms with Gasteiger partial charge in [0, 0.05) is 16.9 Å². The van der Waals surface area contributed by atoms with Crippen molar-refractivity contribution in [2.75, 3.05) is 31.4 Å². The van der Waals surface area contributed by atoms with Crippen molar-refractivity contribution in [3.05, 3.63) is 71.8 Å². The van der Waals surface area contributed by atoms with E-state index in [4.69, 9.17) is 14.2 Å². The number of hydrogen-bond acceptors (Lipinski definition) is 6. The quantitative estimate of drug-likeness (QED) is 0.507. The van der Waals surface area contributed by atoms with Gasteiger partial charge in [0.25, 0.3) is 15.9 Å². The van der Waals surface area contributed by atoms with Crippen molar-refractivity contribution in [2.45, 2.75) is 4.90 Å². The Balaban J connectivity index is 1.75. The van der Waals surface area contributed by atoms with Crippen LogP contribution in [0.5, 0.6) is 17.2 Å². The number of ether oxygens (including phenoxy) is 3. The lowest BCUT2D eigenvalue weighted by atomic mass is 10.1. The fourth-order valence-electron chi connectivity index (χ4n) is 2.90. The van der Waals surface area contributed by atoms with Gasteiger partial charge >= 0.3 is 0 Å². The summed E-state index contributed by atoms with van der Waals surface area (Å²) in [5.41, 5.74) is 0.780. The van der Waals surface area contributed by atoms with Gasteiger partial charge in [-0.3, -0.25) is 9.52 Å². The highest BCUT2D eigenvalue weighted by Gasteiger charge is 2.18. The van der Waals surface area contributed by atoms with Gasteiger partial charge < -0.3 is 19.5 Å². The second kappa shape index (κ2) is 9.74. The van der Waals surface area contributed by atoms with Gasteiger partial charge in [0.05, 0.1) is 26.2 Å². The number of amides is 1. The Hall–Kier alpha value is -3.86. The molecule has 2 N–H and O–H groups in total. The van der Waals surface area contributed by atoms with Gasteiger partial charge in [0.1, 0.15) is 0 Å². The van der Waals surface area contributed by atoms with Gasteiger partial charge in [-0.2, -0.15) is 0 Å². The molecule has 0 saturated carbocycles. The Labute approximate surface area is 189 Å². The smallest absolute Gasteiger partial charge is 0.261 e. The molecule has 0 aromatic heterocycles. The van der Waals surface area contributed by atoms with E-state index in [2.05, 4.69) is 10.0 Å². The van der Waals surface area contributed by atoms with E-state index in [-0.39, 0.29) is 11.3 Å². The summed E-state index contributed by atoms with van der Waals surface area (Å²) in [5, 5.41) is 2.67. The zero-order chi connectivity index (χ0) is 24.2. The molecule has 33 heavy (non-hydrogen) atoms. The lowest BCUT2D eigenvalue weighted by molar-refractivity contribution is 0.102. The summed E-state index contributed by atoms with van der Waals surface area (Å²) >= 11 is 0. The molecule has 3 aromatic carbocycles. The summed E-state index contributed by atoms with van der Waals surface area (Å²) in [6, 6.07) is 11.0. The minimum Gasteiger partial charge on any atom is -0.493 e. The molecule has 0 saturated heterocycles. The van der Waals surface area contributed by atoms with Crippen molar-refractivity contribution in [1.82, 2.24) is 0 Å². The molecule has 0 bridgehead atoms. The van der Waals surface area contributed by atoms with Crippen LogP contribution in [0.1, 0.15) is 10.4 Å². The Bertz CT molecular complexity index is 1260. The Morgan fingerprint density at radius 3 is 1.88 bits per heavy atom. The van der Waals surface area contributed by atoms with Crippen LogP contribution in [-0.2, 0) is 10.0 Å². The SMILES string of the molecule is COc1cc(C(=O)Nc2ccc(NS(=O)(=O)c3ccc(F)c(F)c3)cc2)cc(OC)c1OC. The molecule has 0 unspecified atom stereocenters. The van der Waals surface area contributed by atoms with Crippen LogP contribution in [0.3, 0.4) is 0 Å². The number of carbonyl (C=O) groups excluding carboxylic acids is 1. The lowest BCUT2D eigenvalue weighted by Gasteiger charge is -2.14. The fourth-order valence-corrected chi connectivity index (χ4v) is 3.97. The molecule has 0 radical (unpaired) electrons. The molecule has 3 rings (SSSR count). The van der Waals surface area contributed by atoms with Crippen molar-refractivity contribution in [2.24, 2.45) is 0 Å². The second-order valence-electron chi connectivity index (χ2n) is 6.63. The largest absolute Gasteiger partial charge is 0.493 e.